The Morgan fingerprint density at radius 1 is 0.658 bits per heavy atom. The third kappa shape index (κ3) is 9.47. The summed E-state index contributed by atoms with van der Waals surface area (Å²) in [4.78, 5) is 0. The average Bonchev–Trinajstić information content (AvgIpc) is 2.93. The van der Waals surface area contributed by atoms with Crippen LogP contribution in [-0.2, 0) is 13.1 Å². The van der Waals surface area contributed by atoms with Gasteiger partial charge in [0.15, 0.2) is 0 Å². The number of benzene rings is 2. The van der Waals surface area contributed by atoms with Crippen LogP contribution in [0.5, 0.6) is 11.5 Å². The SMILES string of the molecule is CCCCOc1ccc2c(OCCCC)c(CNC3CCCCC3)ccc2c1CNC1CCCCC1.Cl.Cl. The maximum atomic E-state index is 6.52. The van der Waals surface area contributed by atoms with Gasteiger partial charge in [-0.05, 0) is 56.0 Å². The summed E-state index contributed by atoms with van der Waals surface area (Å²) in [5, 5.41) is 10.2. The van der Waals surface area contributed by atoms with Crippen molar-refractivity contribution in [2.24, 2.45) is 0 Å². The molecule has 2 fully saturated rings. The van der Waals surface area contributed by atoms with E-state index in [0.717, 1.165) is 63.5 Å². The Morgan fingerprint density at radius 2 is 1.21 bits per heavy atom. The summed E-state index contributed by atoms with van der Waals surface area (Å²) < 4.78 is 12.8. The van der Waals surface area contributed by atoms with Gasteiger partial charge in [-0.2, -0.15) is 0 Å². The molecule has 6 heteroatoms. The van der Waals surface area contributed by atoms with Crippen molar-refractivity contribution in [1.82, 2.24) is 10.6 Å². The summed E-state index contributed by atoms with van der Waals surface area (Å²) in [6, 6.07) is 10.3. The molecule has 0 spiro atoms. The summed E-state index contributed by atoms with van der Waals surface area (Å²) >= 11 is 0. The zero-order valence-corrected chi connectivity index (χ0v) is 25.5. The molecule has 2 aromatic carbocycles. The summed E-state index contributed by atoms with van der Waals surface area (Å²) in [5.41, 5.74) is 2.58. The molecule has 2 aromatic rings. The number of nitrogens with one attached hydrogen (secondary N) is 2. The first kappa shape index (κ1) is 33.0. The third-order valence-corrected chi connectivity index (χ3v) is 8.16. The minimum atomic E-state index is 0. The molecule has 0 aliphatic heterocycles. The summed E-state index contributed by atoms with van der Waals surface area (Å²) in [5.74, 6) is 2.11. The third-order valence-electron chi connectivity index (χ3n) is 8.16. The average molecular weight is 568 g/mol. The number of fused-ring (bicyclic) bond motifs is 1. The van der Waals surface area contributed by atoms with E-state index in [9.17, 15) is 0 Å². The van der Waals surface area contributed by atoms with E-state index in [1.54, 1.807) is 0 Å². The molecule has 0 atom stereocenters. The molecule has 4 rings (SSSR count). The first-order valence-corrected chi connectivity index (χ1v) is 15.1. The van der Waals surface area contributed by atoms with Gasteiger partial charge in [-0.25, -0.2) is 0 Å². The van der Waals surface area contributed by atoms with Crippen LogP contribution in [0.25, 0.3) is 10.8 Å². The maximum Gasteiger partial charge on any atom is 0.131 e. The Morgan fingerprint density at radius 3 is 1.82 bits per heavy atom. The number of unbranched alkanes of at least 4 members (excludes halogenated alkanes) is 2. The molecule has 216 valence electrons. The van der Waals surface area contributed by atoms with Crippen molar-refractivity contribution < 1.29 is 9.47 Å². The van der Waals surface area contributed by atoms with Crippen molar-refractivity contribution in [2.75, 3.05) is 13.2 Å². The second kappa shape index (κ2) is 18.2. The summed E-state index contributed by atoms with van der Waals surface area (Å²) in [7, 11) is 0. The lowest BCUT2D eigenvalue weighted by Crippen LogP contribution is -2.31. The Bertz CT molecular complexity index is 927. The van der Waals surface area contributed by atoms with Crippen LogP contribution in [0.2, 0.25) is 0 Å². The molecular formula is C32H52Cl2N2O2. The molecule has 0 saturated heterocycles. The lowest BCUT2D eigenvalue weighted by Gasteiger charge is -2.25. The van der Waals surface area contributed by atoms with Gasteiger partial charge in [0, 0.05) is 41.7 Å². The predicted molar refractivity (Wildman–Crippen MR) is 167 cm³/mol. The Balaban J connectivity index is 0.00000253. The van der Waals surface area contributed by atoms with Gasteiger partial charge in [0.2, 0.25) is 0 Å². The van der Waals surface area contributed by atoms with Crippen LogP contribution < -0.4 is 20.1 Å². The number of hydrogen-bond donors (Lipinski definition) is 2. The molecule has 0 bridgehead atoms. The molecule has 38 heavy (non-hydrogen) atoms. The fourth-order valence-electron chi connectivity index (χ4n) is 5.85. The van der Waals surface area contributed by atoms with Gasteiger partial charge in [0.1, 0.15) is 11.5 Å². The zero-order chi connectivity index (χ0) is 25.0. The van der Waals surface area contributed by atoms with Gasteiger partial charge in [0.25, 0.3) is 0 Å². The fraction of sp³-hybridized carbons (Fsp3) is 0.688. The summed E-state index contributed by atoms with van der Waals surface area (Å²) in [6.45, 7) is 7.74. The molecule has 0 aromatic heterocycles. The van der Waals surface area contributed by atoms with Gasteiger partial charge >= 0.3 is 0 Å². The minimum Gasteiger partial charge on any atom is -0.493 e. The fourth-order valence-corrected chi connectivity index (χ4v) is 5.85. The lowest BCUT2D eigenvalue weighted by molar-refractivity contribution is 0.303. The number of rotatable bonds is 14. The van der Waals surface area contributed by atoms with Gasteiger partial charge < -0.3 is 20.1 Å². The van der Waals surface area contributed by atoms with Crippen LogP contribution >= 0.6 is 24.8 Å². The molecule has 0 amide bonds. The Kier molecular flexibility index (Phi) is 15.8. The van der Waals surface area contributed by atoms with Crippen molar-refractivity contribution in [3.8, 4) is 11.5 Å². The van der Waals surface area contributed by atoms with E-state index >= 15 is 0 Å². The van der Waals surface area contributed by atoms with Crippen LogP contribution in [0.15, 0.2) is 24.3 Å². The van der Waals surface area contributed by atoms with E-state index in [4.69, 9.17) is 9.47 Å². The van der Waals surface area contributed by atoms with Crippen LogP contribution in [0.3, 0.4) is 0 Å². The monoisotopic (exact) mass is 566 g/mol. The smallest absolute Gasteiger partial charge is 0.131 e. The van der Waals surface area contributed by atoms with Crippen molar-refractivity contribution in [3.63, 3.8) is 0 Å². The number of ether oxygens (including phenoxy) is 2. The van der Waals surface area contributed by atoms with Gasteiger partial charge in [-0.1, -0.05) is 77.3 Å². The topological polar surface area (TPSA) is 42.5 Å². The Labute approximate surface area is 244 Å². The lowest BCUT2D eigenvalue weighted by atomic mass is 9.94. The predicted octanol–water partition coefficient (Wildman–Crippen LogP) is 8.89. The second-order valence-corrected chi connectivity index (χ2v) is 11.0. The van der Waals surface area contributed by atoms with Gasteiger partial charge in [-0.15, -0.1) is 24.8 Å². The van der Waals surface area contributed by atoms with Crippen LogP contribution in [-0.4, -0.2) is 25.3 Å². The van der Waals surface area contributed by atoms with Crippen molar-refractivity contribution >= 4 is 35.6 Å². The molecule has 0 unspecified atom stereocenters. The summed E-state index contributed by atoms with van der Waals surface area (Å²) in [6.07, 6.45) is 17.8. The van der Waals surface area contributed by atoms with E-state index in [0.29, 0.717) is 12.1 Å². The highest BCUT2D eigenvalue weighted by Gasteiger charge is 2.19. The highest BCUT2D eigenvalue weighted by molar-refractivity contribution is 5.93. The number of hydrogen-bond acceptors (Lipinski definition) is 4. The molecule has 0 radical (unpaired) electrons. The van der Waals surface area contributed by atoms with Gasteiger partial charge in [-0.3, -0.25) is 0 Å². The van der Waals surface area contributed by atoms with E-state index in [2.05, 4.69) is 48.7 Å². The largest absolute Gasteiger partial charge is 0.493 e. The molecule has 2 N–H and O–H groups in total. The first-order chi connectivity index (χ1) is 17.8. The first-order valence-electron chi connectivity index (χ1n) is 15.1. The molecular weight excluding hydrogens is 515 g/mol. The highest BCUT2D eigenvalue weighted by Crippen LogP contribution is 2.37. The number of halogens is 2. The molecule has 2 aliphatic carbocycles. The molecule has 2 aliphatic rings. The van der Waals surface area contributed by atoms with E-state index in [1.807, 2.05) is 0 Å². The van der Waals surface area contributed by atoms with Crippen molar-refractivity contribution in [3.05, 3.63) is 35.4 Å². The van der Waals surface area contributed by atoms with E-state index in [1.165, 1.54) is 86.1 Å². The zero-order valence-electron chi connectivity index (χ0n) is 23.8. The minimum absolute atomic E-state index is 0. The van der Waals surface area contributed by atoms with E-state index in [-0.39, 0.29) is 24.8 Å². The second-order valence-electron chi connectivity index (χ2n) is 11.0. The van der Waals surface area contributed by atoms with Gasteiger partial charge in [0.05, 0.1) is 13.2 Å². The molecule has 2 saturated carbocycles. The molecule has 0 heterocycles. The van der Waals surface area contributed by atoms with Crippen molar-refractivity contribution in [2.45, 2.75) is 129 Å². The maximum absolute atomic E-state index is 6.52. The van der Waals surface area contributed by atoms with Crippen LogP contribution in [0, 0.1) is 0 Å². The van der Waals surface area contributed by atoms with Crippen molar-refractivity contribution in [1.29, 1.82) is 0 Å². The quantitative estimate of drug-likeness (QED) is 0.224. The Hall–Kier alpha value is -1.20. The molecule has 4 nitrogen and oxygen atoms in total. The van der Waals surface area contributed by atoms with E-state index < -0.39 is 0 Å². The normalized spacial score (nSPS) is 16.6. The standard InChI is InChI=1S/C32H50N2O2.2ClH/c1-3-5-21-35-31-20-19-29-28(30(31)24-34-27-15-11-8-12-16-27)18-17-25(32(29)36-22-6-4-2)23-33-26-13-9-7-10-14-26;;/h17-20,26-27,33-34H,3-16,21-24H2,1-2H3;2*1H. The van der Waals surface area contributed by atoms with Crippen LogP contribution in [0.4, 0.5) is 0 Å². The van der Waals surface area contributed by atoms with Crippen LogP contribution in [0.1, 0.15) is 115 Å². The highest BCUT2D eigenvalue weighted by atomic mass is 35.5.